The quantitative estimate of drug-likeness (QED) is 0.0814. The summed E-state index contributed by atoms with van der Waals surface area (Å²) in [5, 5.41) is 5.72. The lowest BCUT2D eigenvalue weighted by atomic mass is 10.0. The average Bonchev–Trinajstić information content (AvgIpc) is 4.10. The molecule has 4 unspecified atom stereocenters. The Morgan fingerprint density at radius 1 is 0.968 bits per heavy atom. The summed E-state index contributed by atoms with van der Waals surface area (Å²) in [5.74, 6) is 0.130. The van der Waals surface area contributed by atoms with Crippen LogP contribution in [0.5, 0.6) is 5.75 Å². The number of carbonyl (C=O) groups excluding carboxylic acids is 4. The van der Waals surface area contributed by atoms with Gasteiger partial charge in [0.15, 0.2) is 12.5 Å². The minimum atomic E-state index is -0.824. The molecule has 16 nitrogen and oxygen atoms in total. The van der Waals surface area contributed by atoms with Crippen molar-refractivity contribution >= 4 is 34.9 Å². The summed E-state index contributed by atoms with van der Waals surface area (Å²) < 4.78 is 34.2. The molecule has 332 valence electrons. The summed E-state index contributed by atoms with van der Waals surface area (Å²) in [7, 11) is 2.51. The number of fused-ring (bicyclic) bond motifs is 5. The van der Waals surface area contributed by atoms with Crippen LogP contribution in [-0.4, -0.2) is 97.7 Å². The fraction of sp³-hybridized carbons (Fsp3) is 0.391. The van der Waals surface area contributed by atoms with Gasteiger partial charge in [-0.15, -0.1) is 6.58 Å². The first-order chi connectivity index (χ1) is 30.2. The Balaban J connectivity index is 1.13. The zero-order valence-corrected chi connectivity index (χ0v) is 36.6. The highest BCUT2D eigenvalue weighted by molar-refractivity contribution is 5.93. The van der Waals surface area contributed by atoms with Crippen molar-refractivity contribution in [2.24, 2.45) is 11.8 Å². The van der Waals surface area contributed by atoms with E-state index in [0.29, 0.717) is 82.4 Å². The molecule has 17 heteroatoms. The molecule has 7 rings (SSSR count). The second kappa shape index (κ2) is 18.2. The van der Waals surface area contributed by atoms with Crippen LogP contribution in [-0.2, 0) is 25.8 Å². The second-order valence-corrected chi connectivity index (χ2v) is 16.4. The van der Waals surface area contributed by atoms with E-state index in [1.807, 2.05) is 65.0 Å². The maximum absolute atomic E-state index is 16.7. The number of nitrogens with one attached hydrogen (secondary N) is 4. The lowest BCUT2D eigenvalue weighted by molar-refractivity contribution is -0.136. The van der Waals surface area contributed by atoms with Gasteiger partial charge >= 0.3 is 12.2 Å². The van der Waals surface area contributed by atoms with Gasteiger partial charge in [0.05, 0.1) is 49.2 Å². The Labute approximate surface area is 364 Å². The van der Waals surface area contributed by atoms with Gasteiger partial charge in [0.25, 0.3) is 0 Å². The van der Waals surface area contributed by atoms with Crippen LogP contribution in [0.2, 0.25) is 0 Å². The smallest absolute Gasteiger partial charge is 0.407 e. The molecular formula is C46H54FN9O7. The number of ether oxygens (including phenoxy) is 3. The summed E-state index contributed by atoms with van der Waals surface area (Å²) >= 11 is 0. The Hall–Kier alpha value is -6.91. The fourth-order valence-corrected chi connectivity index (χ4v) is 8.37. The van der Waals surface area contributed by atoms with Crippen molar-refractivity contribution in [3.63, 3.8) is 0 Å². The molecular weight excluding hydrogens is 810 g/mol. The van der Waals surface area contributed by atoms with Crippen LogP contribution in [0, 0.1) is 17.7 Å². The number of carbonyl (C=O) groups is 4. The first-order valence-electron chi connectivity index (χ1n) is 21.0. The van der Waals surface area contributed by atoms with Gasteiger partial charge < -0.3 is 49.2 Å². The van der Waals surface area contributed by atoms with Crippen LogP contribution >= 0.6 is 0 Å². The SMILES string of the molecule is C=CC(c1ncc(-c2ccc3c(c2)OCn2c-3c(F)c3cc(-c4cnc(C5C(=C)CCN5C(=O)C(NC(=O)OC)C(C)C)[nH]4)ccc32)[nH]1)N(CCC)C(=O)C(NC(=O)OC)C(C)C. The number of methoxy groups -OCH3 is 2. The zero-order chi connectivity index (χ0) is 45.3. The summed E-state index contributed by atoms with van der Waals surface area (Å²) in [6, 6.07) is 8.22. The number of amides is 4. The van der Waals surface area contributed by atoms with E-state index in [1.165, 1.54) is 14.2 Å². The molecule has 63 heavy (non-hydrogen) atoms. The van der Waals surface area contributed by atoms with E-state index in [1.54, 1.807) is 38.9 Å². The summed E-state index contributed by atoms with van der Waals surface area (Å²) in [5.41, 5.74) is 5.15. The molecule has 5 aromatic rings. The molecule has 0 saturated carbocycles. The lowest BCUT2D eigenvalue weighted by Crippen LogP contribution is -2.52. The van der Waals surface area contributed by atoms with Gasteiger partial charge in [-0.3, -0.25) is 9.59 Å². The number of imidazole rings is 2. The minimum Gasteiger partial charge on any atom is -0.472 e. The molecule has 0 radical (unpaired) electrons. The Morgan fingerprint density at radius 2 is 1.62 bits per heavy atom. The fourth-order valence-electron chi connectivity index (χ4n) is 8.37. The molecule has 4 atom stereocenters. The van der Waals surface area contributed by atoms with Crippen LogP contribution in [0.4, 0.5) is 14.0 Å². The Bertz CT molecular complexity index is 2570. The maximum atomic E-state index is 16.7. The highest BCUT2D eigenvalue weighted by Crippen LogP contribution is 2.43. The van der Waals surface area contributed by atoms with Gasteiger partial charge in [-0.2, -0.15) is 0 Å². The van der Waals surface area contributed by atoms with Crippen molar-refractivity contribution < 1.29 is 37.8 Å². The lowest BCUT2D eigenvalue weighted by Gasteiger charge is -2.33. The molecule has 0 spiro atoms. The Kier molecular flexibility index (Phi) is 12.8. The van der Waals surface area contributed by atoms with Gasteiger partial charge in [0.2, 0.25) is 11.8 Å². The number of rotatable bonds is 14. The number of H-pyrrole nitrogens is 2. The maximum Gasteiger partial charge on any atom is 0.407 e. The normalized spacial score (nSPS) is 15.9. The van der Waals surface area contributed by atoms with Gasteiger partial charge in [-0.25, -0.2) is 23.9 Å². The van der Waals surface area contributed by atoms with Gasteiger partial charge in [-0.1, -0.05) is 59.4 Å². The van der Waals surface area contributed by atoms with Crippen LogP contribution < -0.4 is 15.4 Å². The molecule has 0 bridgehead atoms. The van der Waals surface area contributed by atoms with E-state index in [-0.39, 0.29) is 30.4 Å². The molecule has 0 aliphatic carbocycles. The van der Waals surface area contributed by atoms with Crippen molar-refractivity contribution in [2.45, 2.75) is 78.4 Å². The number of likely N-dealkylation sites (tertiary alicyclic amines) is 1. The first kappa shape index (κ1) is 44.2. The highest BCUT2D eigenvalue weighted by Gasteiger charge is 2.40. The molecule has 2 aliphatic rings. The molecule has 1 saturated heterocycles. The number of hydrogen-bond acceptors (Lipinski definition) is 9. The van der Waals surface area contributed by atoms with E-state index >= 15 is 4.39 Å². The molecule has 2 aliphatic heterocycles. The standard InChI is InChI=1S/C46H54FN9O7/c1-10-17-54(43(57)37(24(3)4)52-45(59)61-8)33(11-2)41-48-21-32(50-41)28-12-14-29-35(20-28)63-23-56-34-15-13-27(19-30(34)36(47)40(29)56)31-22-49-42(51-31)39-26(7)16-18-55(39)44(58)38(25(5)6)53-46(60)62-9/h11-15,19-22,24-25,33,37-39H,2,7,10,16-18,23H2,1,3-6,8-9H3,(H,48,50)(H,49,51)(H,52,59)(H,53,60). The van der Waals surface area contributed by atoms with Crippen molar-refractivity contribution in [1.82, 2.24) is 44.9 Å². The third-order valence-electron chi connectivity index (χ3n) is 11.7. The zero-order valence-electron chi connectivity index (χ0n) is 36.6. The van der Waals surface area contributed by atoms with Crippen molar-refractivity contribution in [2.75, 3.05) is 27.3 Å². The number of nitrogens with zero attached hydrogens (tertiary/aromatic N) is 5. The third-order valence-corrected chi connectivity index (χ3v) is 11.7. The molecule has 4 N–H and O–H groups in total. The van der Waals surface area contributed by atoms with E-state index in [0.717, 1.165) is 11.1 Å². The average molecular weight is 864 g/mol. The van der Waals surface area contributed by atoms with Crippen molar-refractivity contribution in [3.8, 4) is 39.5 Å². The Morgan fingerprint density at radius 3 is 2.29 bits per heavy atom. The summed E-state index contributed by atoms with van der Waals surface area (Å²) in [6.07, 6.45) is 4.82. The molecule has 3 aromatic heterocycles. The topological polar surface area (TPSA) is 189 Å². The predicted octanol–water partition coefficient (Wildman–Crippen LogP) is 7.63. The first-order valence-corrected chi connectivity index (χ1v) is 21.0. The number of halogens is 1. The van der Waals surface area contributed by atoms with Crippen molar-refractivity contribution in [3.05, 3.63) is 91.1 Å². The summed E-state index contributed by atoms with van der Waals surface area (Å²) in [6.45, 7) is 18.5. The van der Waals surface area contributed by atoms with Crippen LogP contribution in [0.25, 0.3) is 44.7 Å². The number of aromatic nitrogens is 5. The number of benzene rings is 2. The predicted molar refractivity (Wildman–Crippen MR) is 235 cm³/mol. The van der Waals surface area contributed by atoms with E-state index in [2.05, 4.69) is 43.7 Å². The number of alkyl carbamates (subject to hydrolysis) is 2. The van der Waals surface area contributed by atoms with Gasteiger partial charge in [-0.05, 0) is 54.5 Å². The third kappa shape index (κ3) is 8.38. The van der Waals surface area contributed by atoms with Gasteiger partial charge in [0.1, 0.15) is 41.6 Å². The molecule has 4 amide bonds. The number of aromatic amines is 2. The highest BCUT2D eigenvalue weighted by atomic mass is 19.1. The van der Waals surface area contributed by atoms with Crippen LogP contribution in [0.15, 0.2) is 73.6 Å². The van der Waals surface area contributed by atoms with E-state index < -0.39 is 42.2 Å². The minimum absolute atomic E-state index is 0.0765. The summed E-state index contributed by atoms with van der Waals surface area (Å²) in [4.78, 5) is 71.1. The molecule has 2 aromatic carbocycles. The van der Waals surface area contributed by atoms with Crippen LogP contribution in [0.1, 0.15) is 71.2 Å². The largest absolute Gasteiger partial charge is 0.472 e. The second-order valence-electron chi connectivity index (χ2n) is 16.4. The van der Waals surface area contributed by atoms with Gasteiger partial charge in [0, 0.05) is 35.2 Å². The number of hydrogen-bond donors (Lipinski definition) is 4. The monoisotopic (exact) mass is 863 g/mol. The molecule has 1 fully saturated rings. The van der Waals surface area contributed by atoms with Crippen molar-refractivity contribution in [1.29, 1.82) is 0 Å². The van der Waals surface area contributed by atoms with E-state index in [9.17, 15) is 19.2 Å². The molecule has 5 heterocycles. The van der Waals surface area contributed by atoms with E-state index in [4.69, 9.17) is 14.2 Å². The van der Waals surface area contributed by atoms with Crippen LogP contribution in [0.3, 0.4) is 0 Å².